The first-order valence-electron chi connectivity index (χ1n) is 8.42. The lowest BCUT2D eigenvalue weighted by Crippen LogP contribution is -2.30. The van der Waals surface area contributed by atoms with Gasteiger partial charge in [-0.3, -0.25) is 4.79 Å². The van der Waals surface area contributed by atoms with Gasteiger partial charge in [0.2, 0.25) is 0 Å². The number of carbonyl (C=O) groups is 1. The molecule has 3 nitrogen and oxygen atoms in total. The van der Waals surface area contributed by atoms with Crippen LogP contribution in [0.4, 0.5) is 0 Å². The monoisotopic (exact) mass is 373 g/mol. The summed E-state index contributed by atoms with van der Waals surface area (Å²) in [5, 5.41) is 0. The third kappa shape index (κ3) is 4.73. The van der Waals surface area contributed by atoms with Crippen LogP contribution in [0.15, 0.2) is 48.5 Å². The number of ether oxygens (including phenoxy) is 1. The molecule has 0 aliphatic carbocycles. The molecular weight excluding hydrogens is 350 g/mol. The van der Waals surface area contributed by atoms with Gasteiger partial charge in [-0.2, -0.15) is 0 Å². The van der Waals surface area contributed by atoms with Crippen LogP contribution < -0.4 is 4.74 Å². The van der Waals surface area contributed by atoms with Crippen LogP contribution in [-0.4, -0.2) is 42.5 Å². The normalized spacial score (nSPS) is 14.5. The Labute approximate surface area is 158 Å². The highest BCUT2D eigenvalue weighted by molar-refractivity contribution is 8.19. The molecule has 1 aliphatic rings. The standard InChI is InChI=1S/C20H23NO2S2/c1-15-5-3-4-6-18(15)23-12-11-21(2)19(22)16-7-9-17(10-8-16)20-24-13-14-25-20/h3-10,20H,11-14H2,1-2H3. The van der Waals surface area contributed by atoms with Crippen LogP contribution in [-0.2, 0) is 0 Å². The molecular formula is C20H23NO2S2. The van der Waals surface area contributed by atoms with Crippen LogP contribution in [0.3, 0.4) is 0 Å². The van der Waals surface area contributed by atoms with Crippen molar-refractivity contribution in [1.29, 1.82) is 0 Å². The molecule has 1 heterocycles. The Bertz CT molecular complexity index is 712. The number of rotatable bonds is 6. The van der Waals surface area contributed by atoms with Crippen molar-refractivity contribution in [2.75, 3.05) is 31.7 Å². The Morgan fingerprint density at radius 2 is 1.80 bits per heavy atom. The first kappa shape index (κ1) is 18.2. The zero-order valence-electron chi connectivity index (χ0n) is 14.6. The van der Waals surface area contributed by atoms with E-state index in [1.54, 1.807) is 4.90 Å². The van der Waals surface area contributed by atoms with Crippen molar-refractivity contribution in [3.8, 4) is 5.75 Å². The molecule has 2 aromatic rings. The average Bonchev–Trinajstić information content (AvgIpc) is 3.17. The summed E-state index contributed by atoms with van der Waals surface area (Å²) in [6.07, 6.45) is 0. The number of likely N-dealkylation sites (N-methyl/N-ethyl adjacent to an activating group) is 1. The van der Waals surface area contributed by atoms with Crippen molar-refractivity contribution in [2.45, 2.75) is 11.5 Å². The summed E-state index contributed by atoms with van der Waals surface area (Å²) in [7, 11) is 1.82. The number of hydrogen-bond acceptors (Lipinski definition) is 4. The molecule has 1 amide bonds. The van der Waals surface area contributed by atoms with Crippen molar-refractivity contribution in [3.05, 3.63) is 65.2 Å². The summed E-state index contributed by atoms with van der Waals surface area (Å²) in [6, 6.07) is 16.0. The number of hydrogen-bond donors (Lipinski definition) is 0. The Balaban J connectivity index is 1.52. The van der Waals surface area contributed by atoms with Gasteiger partial charge in [0.15, 0.2) is 0 Å². The Morgan fingerprint density at radius 1 is 1.12 bits per heavy atom. The van der Waals surface area contributed by atoms with Gasteiger partial charge in [-0.1, -0.05) is 30.3 Å². The molecule has 0 spiro atoms. The lowest BCUT2D eigenvalue weighted by Gasteiger charge is -2.18. The van der Waals surface area contributed by atoms with E-state index in [2.05, 4.69) is 12.1 Å². The van der Waals surface area contributed by atoms with Gasteiger partial charge in [0, 0.05) is 24.1 Å². The second kappa shape index (κ2) is 8.68. The molecule has 132 valence electrons. The maximum Gasteiger partial charge on any atom is 0.253 e. The van der Waals surface area contributed by atoms with Crippen LogP contribution in [0.2, 0.25) is 0 Å². The minimum absolute atomic E-state index is 0.0339. The van der Waals surface area contributed by atoms with Gasteiger partial charge in [-0.25, -0.2) is 0 Å². The predicted molar refractivity (Wildman–Crippen MR) is 108 cm³/mol. The molecule has 1 aliphatic heterocycles. The number of nitrogens with zero attached hydrogens (tertiary/aromatic N) is 1. The fourth-order valence-electron chi connectivity index (χ4n) is 2.67. The third-order valence-electron chi connectivity index (χ3n) is 4.18. The predicted octanol–water partition coefficient (Wildman–Crippen LogP) is 4.62. The van der Waals surface area contributed by atoms with Crippen LogP contribution in [0, 0.1) is 6.92 Å². The summed E-state index contributed by atoms with van der Waals surface area (Å²) < 4.78 is 6.30. The van der Waals surface area contributed by atoms with E-state index >= 15 is 0 Å². The van der Waals surface area contributed by atoms with Crippen LogP contribution in [0.5, 0.6) is 5.75 Å². The van der Waals surface area contributed by atoms with E-state index in [0.29, 0.717) is 17.7 Å². The van der Waals surface area contributed by atoms with Crippen molar-refractivity contribution >= 4 is 29.4 Å². The van der Waals surface area contributed by atoms with Crippen molar-refractivity contribution in [2.24, 2.45) is 0 Å². The average molecular weight is 374 g/mol. The number of thioether (sulfide) groups is 2. The number of carbonyl (C=O) groups excluding carboxylic acids is 1. The van der Waals surface area contributed by atoms with Crippen LogP contribution >= 0.6 is 23.5 Å². The van der Waals surface area contributed by atoms with E-state index in [4.69, 9.17) is 4.74 Å². The number of aryl methyl sites for hydroxylation is 1. The molecule has 3 rings (SSSR count). The third-order valence-corrected chi connectivity index (χ3v) is 7.28. The molecule has 25 heavy (non-hydrogen) atoms. The molecule has 0 N–H and O–H groups in total. The molecule has 1 saturated heterocycles. The van der Waals surface area contributed by atoms with Crippen molar-refractivity contribution in [1.82, 2.24) is 4.90 Å². The quantitative estimate of drug-likeness (QED) is 0.739. The van der Waals surface area contributed by atoms with Gasteiger partial charge < -0.3 is 9.64 Å². The first-order chi connectivity index (χ1) is 12.1. The van der Waals surface area contributed by atoms with E-state index < -0.39 is 0 Å². The van der Waals surface area contributed by atoms with E-state index in [0.717, 1.165) is 16.9 Å². The zero-order chi connectivity index (χ0) is 17.6. The maximum atomic E-state index is 12.5. The smallest absolute Gasteiger partial charge is 0.253 e. The van der Waals surface area contributed by atoms with Crippen molar-refractivity contribution < 1.29 is 9.53 Å². The molecule has 1 fully saturated rings. The molecule has 5 heteroatoms. The lowest BCUT2D eigenvalue weighted by atomic mass is 10.1. The molecule has 2 aromatic carbocycles. The molecule has 0 atom stereocenters. The van der Waals surface area contributed by atoms with Gasteiger partial charge in [-0.15, -0.1) is 23.5 Å². The molecule has 0 bridgehead atoms. The fourth-order valence-corrected chi connectivity index (χ4v) is 5.53. The Morgan fingerprint density at radius 3 is 2.48 bits per heavy atom. The Hall–Kier alpha value is -1.59. The van der Waals surface area contributed by atoms with E-state index in [-0.39, 0.29) is 5.91 Å². The highest BCUT2D eigenvalue weighted by Gasteiger charge is 2.19. The summed E-state index contributed by atoms with van der Waals surface area (Å²) in [4.78, 5) is 14.3. The highest BCUT2D eigenvalue weighted by Crippen LogP contribution is 2.45. The molecule has 0 aromatic heterocycles. The number of benzene rings is 2. The summed E-state index contributed by atoms with van der Waals surface area (Å²) >= 11 is 3.95. The SMILES string of the molecule is Cc1ccccc1OCCN(C)C(=O)c1ccc(C2SCCS2)cc1. The van der Waals surface area contributed by atoms with E-state index in [1.165, 1.54) is 17.1 Å². The fraction of sp³-hybridized carbons (Fsp3) is 0.350. The summed E-state index contributed by atoms with van der Waals surface area (Å²) in [5.41, 5.74) is 3.14. The number of para-hydroxylation sites is 1. The second-order valence-electron chi connectivity index (χ2n) is 6.04. The van der Waals surface area contributed by atoms with Crippen LogP contribution in [0.25, 0.3) is 0 Å². The van der Waals surface area contributed by atoms with E-state index in [9.17, 15) is 4.79 Å². The highest BCUT2D eigenvalue weighted by atomic mass is 32.2. The minimum Gasteiger partial charge on any atom is -0.491 e. The van der Waals surface area contributed by atoms with Crippen molar-refractivity contribution in [3.63, 3.8) is 0 Å². The van der Waals surface area contributed by atoms with Gasteiger partial charge in [0.25, 0.3) is 5.91 Å². The summed E-state index contributed by atoms with van der Waals surface area (Å²) in [5.74, 6) is 3.32. The first-order valence-corrected chi connectivity index (χ1v) is 10.5. The zero-order valence-corrected chi connectivity index (χ0v) is 16.2. The Kier molecular flexibility index (Phi) is 6.32. The van der Waals surface area contributed by atoms with Gasteiger partial charge >= 0.3 is 0 Å². The van der Waals surface area contributed by atoms with Gasteiger partial charge in [0.1, 0.15) is 12.4 Å². The molecule has 0 radical (unpaired) electrons. The molecule has 0 saturated carbocycles. The van der Waals surface area contributed by atoms with E-state index in [1.807, 2.05) is 73.9 Å². The minimum atomic E-state index is 0.0339. The lowest BCUT2D eigenvalue weighted by molar-refractivity contribution is 0.0773. The van der Waals surface area contributed by atoms with Crippen LogP contribution in [0.1, 0.15) is 26.1 Å². The maximum absolute atomic E-state index is 12.5. The van der Waals surface area contributed by atoms with Gasteiger partial charge in [-0.05, 0) is 36.2 Å². The largest absolute Gasteiger partial charge is 0.491 e. The van der Waals surface area contributed by atoms with Gasteiger partial charge in [0.05, 0.1) is 11.1 Å². The summed E-state index contributed by atoms with van der Waals surface area (Å²) in [6.45, 7) is 3.07. The second-order valence-corrected chi connectivity index (χ2v) is 8.76. The topological polar surface area (TPSA) is 29.5 Å². The number of amides is 1. The molecule has 0 unspecified atom stereocenters.